The van der Waals surface area contributed by atoms with Crippen molar-refractivity contribution in [2.75, 3.05) is 17.2 Å². The average molecular weight is 276 g/mol. The van der Waals surface area contributed by atoms with Crippen molar-refractivity contribution in [2.24, 2.45) is 5.92 Å². The lowest BCUT2D eigenvalue weighted by atomic mass is 10.00. The topological polar surface area (TPSA) is 61.4 Å². The highest BCUT2D eigenvalue weighted by atomic mass is 16.3. The maximum Gasteiger partial charge on any atom is 0.221 e. The molecule has 1 aliphatic rings. The number of amides is 1. The Labute approximate surface area is 120 Å². The highest BCUT2D eigenvalue weighted by Gasteiger charge is 2.18. The van der Waals surface area contributed by atoms with Crippen LogP contribution in [0.15, 0.2) is 24.3 Å². The number of carbonyl (C=O) groups is 1. The lowest BCUT2D eigenvalue weighted by molar-refractivity contribution is -0.114. The maximum atomic E-state index is 10.9. The molecule has 1 aromatic carbocycles. The number of hydrogen-bond donors (Lipinski definition) is 3. The van der Waals surface area contributed by atoms with Gasteiger partial charge in [0.15, 0.2) is 0 Å². The summed E-state index contributed by atoms with van der Waals surface area (Å²) in [6, 6.07) is 7.53. The van der Waals surface area contributed by atoms with Crippen molar-refractivity contribution < 1.29 is 9.90 Å². The first-order chi connectivity index (χ1) is 9.63. The third-order valence-electron chi connectivity index (χ3n) is 3.83. The van der Waals surface area contributed by atoms with Gasteiger partial charge >= 0.3 is 0 Å². The summed E-state index contributed by atoms with van der Waals surface area (Å²) in [5.74, 6) is 0.631. The molecule has 110 valence electrons. The van der Waals surface area contributed by atoms with Crippen LogP contribution in [0.25, 0.3) is 0 Å². The second-order valence-electron chi connectivity index (χ2n) is 5.68. The van der Waals surface area contributed by atoms with Crippen LogP contribution in [0.3, 0.4) is 0 Å². The fourth-order valence-electron chi connectivity index (χ4n) is 2.82. The first-order valence-electron chi connectivity index (χ1n) is 7.43. The van der Waals surface area contributed by atoms with E-state index in [1.807, 2.05) is 24.3 Å². The Morgan fingerprint density at radius 1 is 1.25 bits per heavy atom. The lowest BCUT2D eigenvalue weighted by Crippen LogP contribution is -2.22. The third-order valence-corrected chi connectivity index (χ3v) is 3.83. The minimum Gasteiger partial charge on any atom is -0.391 e. The first kappa shape index (κ1) is 14.9. The number of benzene rings is 1. The second kappa shape index (κ2) is 7.29. The summed E-state index contributed by atoms with van der Waals surface area (Å²) in [7, 11) is 0. The van der Waals surface area contributed by atoms with Gasteiger partial charge in [0.1, 0.15) is 0 Å². The van der Waals surface area contributed by atoms with Gasteiger partial charge in [-0.1, -0.05) is 25.7 Å². The molecule has 1 fully saturated rings. The van der Waals surface area contributed by atoms with E-state index >= 15 is 0 Å². The van der Waals surface area contributed by atoms with E-state index in [1.54, 1.807) is 0 Å². The van der Waals surface area contributed by atoms with Gasteiger partial charge in [0.05, 0.1) is 6.10 Å². The molecule has 0 aromatic heterocycles. The zero-order valence-electron chi connectivity index (χ0n) is 12.1. The summed E-state index contributed by atoms with van der Waals surface area (Å²) >= 11 is 0. The van der Waals surface area contributed by atoms with Crippen molar-refractivity contribution in [3.63, 3.8) is 0 Å². The molecule has 20 heavy (non-hydrogen) atoms. The molecule has 0 radical (unpaired) electrons. The molecule has 0 heterocycles. The van der Waals surface area contributed by atoms with E-state index in [0.717, 1.165) is 17.8 Å². The Morgan fingerprint density at radius 2 is 1.85 bits per heavy atom. The number of nitrogens with one attached hydrogen (secondary N) is 2. The molecule has 1 aromatic rings. The van der Waals surface area contributed by atoms with E-state index in [0.29, 0.717) is 12.5 Å². The molecule has 1 amide bonds. The van der Waals surface area contributed by atoms with Crippen LogP contribution in [0.5, 0.6) is 0 Å². The lowest BCUT2D eigenvalue weighted by Gasteiger charge is -2.16. The van der Waals surface area contributed by atoms with Crippen molar-refractivity contribution in [3.05, 3.63) is 24.3 Å². The SMILES string of the molecule is CC(=O)Nc1ccc(NCC(O)CC2CCCC2)cc1. The summed E-state index contributed by atoms with van der Waals surface area (Å²) in [5, 5.41) is 16.0. The minimum atomic E-state index is -0.284. The van der Waals surface area contributed by atoms with Crippen LogP contribution in [0.4, 0.5) is 11.4 Å². The molecule has 4 nitrogen and oxygen atoms in total. The van der Waals surface area contributed by atoms with Crippen LogP contribution < -0.4 is 10.6 Å². The fraction of sp³-hybridized carbons (Fsp3) is 0.562. The van der Waals surface area contributed by atoms with Gasteiger partial charge in [0.2, 0.25) is 5.91 Å². The second-order valence-corrected chi connectivity index (χ2v) is 5.68. The van der Waals surface area contributed by atoms with Gasteiger partial charge in [-0.05, 0) is 36.6 Å². The molecule has 0 spiro atoms. The van der Waals surface area contributed by atoms with E-state index in [1.165, 1.54) is 32.6 Å². The number of anilines is 2. The average Bonchev–Trinajstić information content (AvgIpc) is 2.90. The number of aliphatic hydroxyl groups is 1. The Bertz CT molecular complexity index is 425. The molecular weight excluding hydrogens is 252 g/mol. The van der Waals surface area contributed by atoms with Crippen molar-refractivity contribution >= 4 is 17.3 Å². The molecule has 0 bridgehead atoms. The van der Waals surface area contributed by atoms with Crippen LogP contribution in [0.2, 0.25) is 0 Å². The summed E-state index contributed by atoms with van der Waals surface area (Å²) in [5.41, 5.74) is 1.75. The van der Waals surface area contributed by atoms with Crippen LogP contribution in [0, 0.1) is 5.92 Å². The van der Waals surface area contributed by atoms with Crippen molar-refractivity contribution in [2.45, 2.75) is 45.1 Å². The van der Waals surface area contributed by atoms with Gasteiger partial charge in [-0.25, -0.2) is 0 Å². The summed E-state index contributed by atoms with van der Waals surface area (Å²) in [6.07, 6.45) is 5.78. The summed E-state index contributed by atoms with van der Waals surface area (Å²) < 4.78 is 0. The summed E-state index contributed by atoms with van der Waals surface area (Å²) in [4.78, 5) is 10.9. The quantitative estimate of drug-likeness (QED) is 0.748. The maximum absolute atomic E-state index is 10.9. The Balaban J connectivity index is 1.73. The normalized spacial score (nSPS) is 16.9. The van der Waals surface area contributed by atoms with Gasteiger partial charge in [0.25, 0.3) is 0 Å². The largest absolute Gasteiger partial charge is 0.391 e. The van der Waals surface area contributed by atoms with Crippen molar-refractivity contribution in [1.82, 2.24) is 0 Å². The standard InChI is InChI=1S/C16H24N2O2/c1-12(19)18-15-8-6-14(7-9-15)17-11-16(20)10-13-4-2-3-5-13/h6-9,13,16-17,20H,2-5,10-11H2,1H3,(H,18,19). The molecule has 4 heteroatoms. The fourth-order valence-corrected chi connectivity index (χ4v) is 2.82. The van der Waals surface area contributed by atoms with Crippen LogP contribution in [0.1, 0.15) is 39.0 Å². The number of carbonyl (C=O) groups excluding carboxylic acids is 1. The van der Waals surface area contributed by atoms with Crippen LogP contribution in [-0.4, -0.2) is 23.7 Å². The van der Waals surface area contributed by atoms with E-state index in [9.17, 15) is 9.90 Å². The zero-order chi connectivity index (χ0) is 14.4. The molecule has 1 unspecified atom stereocenters. The van der Waals surface area contributed by atoms with E-state index in [4.69, 9.17) is 0 Å². The van der Waals surface area contributed by atoms with Gasteiger partial charge < -0.3 is 15.7 Å². The molecule has 3 N–H and O–H groups in total. The van der Waals surface area contributed by atoms with Gasteiger partial charge in [-0.15, -0.1) is 0 Å². The van der Waals surface area contributed by atoms with E-state index < -0.39 is 0 Å². The van der Waals surface area contributed by atoms with Gasteiger partial charge in [0, 0.05) is 24.8 Å². The van der Waals surface area contributed by atoms with Crippen LogP contribution >= 0.6 is 0 Å². The number of aliphatic hydroxyl groups excluding tert-OH is 1. The molecule has 0 aliphatic heterocycles. The number of hydrogen-bond acceptors (Lipinski definition) is 3. The molecule has 0 saturated heterocycles. The Kier molecular flexibility index (Phi) is 5.41. The van der Waals surface area contributed by atoms with Crippen LogP contribution in [-0.2, 0) is 4.79 Å². The highest BCUT2D eigenvalue weighted by molar-refractivity contribution is 5.88. The molecule has 1 atom stereocenters. The summed E-state index contributed by atoms with van der Waals surface area (Å²) in [6.45, 7) is 2.07. The molecule has 2 rings (SSSR count). The van der Waals surface area contributed by atoms with Gasteiger partial charge in [-0.2, -0.15) is 0 Å². The van der Waals surface area contributed by atoms with Crippen molar-refractivity contribution in [3.8, 4) is 0 Å². The predicted molar refractivity (Wildman–Crippen MR) is 81.8 cm³/mol. The Hall–Kier alpha value is -1.55. The third kappa shape index (κ3) is 4.85. The first-order valence-corrected chi connectivity index (χ1v) is 7.43. The van der Waals surface area contributed by atoms with E-state index in [-0.39, 0.29) is 12.0 Å². The molecule has 1 saturated carbocycles. The molecule has 1 aliphatic carbocycles. The van der Waals surface area contributed by atoms with Crippen molar-refractivity contribution in [1.29, 1.82) is 0 Å². The number of rotatable bonds is 6. The smallest absolute Gasteiger partial charge is 0.221 e. The Morgan fingerprint density at radius 3 is 2.45 bits per heavy atom. The molecular formula is C16H24N2O2. The predicted octanol–water partition coefficient (Wildman–Crippen LogP) is 3.00. The van der Waals surface area contributed by atoms with Gasteiger partial charge in [-0.3, -0.25) is 4.79 Å². The van der Waals surface area contributed by atoms with E-state index in [2.05, 4.69) is 10.6 Å². The monoisotopic (exact) mass is 276 g/mol. The zero-order valence-corrected chi connectivity index (χ0v) is 12.1. The minimum absolute atomic E-state index is 0.0716. The highest BCUT2D eigenvalue weighted by Crippen LogP contribution is 2.28.